The highest BCUT2D eigenvalue weighted by atomic mass is 35.5. The van der Waals surface area contributed by atoms with Gasteiger partial charge in [0.05, 0.1) is 11.9 Å². The number of hydrogen-bond acceptors (Lipinski definition) is 5. The molecule has 0 atom stereocenters. The molecule has 0 saturated heterocycles. The predicted molar refractivity (Wildman–Crippen MR) is 122 cm³/mol. The molecule has 2 N–H and O–H groups in total. The lowest BCUT2D eigenvalue weighted by Crippen LogP contribution is -2.27. The molecule has 0 radical (unpaired) electrons. The minimum atomic E-state index is -4.37. The monoisotopic (exact) mass is 505 g/mol. The summed E-state index contributed by atoms with van der Waals surface area (Å²) in [5, 5.41) is 24.9. The molecule has 1 heterocycles. The number of aromatic nitrogens is 2. The van der Waals surface area contributed by atoms with Gasteiger partial charge in [-0.15, -0.1) is 0 Å². The minimum Gasteiger partial charge on any atom is -0.507 e. The zero-order valence-corrected chi connectivity index (χ0v) is 19.2. The molecule has 0 aliphatic heterocycles. The van der Waals surface area contributed by atoms with Crippen LogP contribution in [0.25, 0.3) is 16.9 Å². The first-order valence-electron chi connectivity index (χ1n) is 9.85. The van der Waals surface area contributed by atoms with Crippen LogP contribution in [0.4, 0.5) is 8.78 Å². The lowest BCUT2D eigenvalue weighted by Gasteiger charge is -2.20. The summed E-state index contributed by atoms with van der Waals surface area (Å²) in [5.74, 6) is -2.43. The molecule has 4 aromatic rings. The van der Waals surface area contributed by atoms with E-state index in [-0.39, 0.29) is 27.5 Å². The van der Waals surface area contributed by atoms with Crippen molar-refractivity contribution in [1.82, 2.24) is 14.1 Å². The Balaban J connectivity index is 1.79. The van der Waals surface area contributed by atoms with Crippen molar-refractivity contribution in [2.24, 2.45) is 0 Å². The molecule has 0 saturated carbocycles. The largest absolute Gasteiger partial charge is 0.507 e. The summed E-state index contributed by atoms with van der Waals surface area (Å²) in [7, 11) is -3.17. The van der Waals surface area contributed by atoms with Crippen molar-refractivity contribution >= 4 is 21.6 Å². The zero-order valence-electron chi connectivity index (χ0n) is 17.7. The molecule has 0 fully saturated rings. The fourth-order valence-corrected chi connectivity index (χ4v) is 4.90. The van der Waals surface area contributed by atoms with Crippen LogP contribution in [0, 0.1) is 11.6 Å². The van der Waals surface area contributed by atoms with Crippen molar-refractivity contribution in [1.29, 1.82) is 0 Å². The number of sulfonamides is 1. The molecule has 176 valence electrons. The summed E-state index contributed by atoms with van der Waals surface area (Å²) < 4.78 is 57.1. The van der Waals surface area contributed by atoms with Crippen molar-refractivity contribution in [2.75, 3.05) is 7.05 Å². The first kappa shape index (κ1) is 23.7. The van der Waals surface area contributed by atoms with Crippen LogP contribution in [0.3, 0.4) is 0 Å². The van der Waals surface area contributed by atoms with Gasteiger partial charge in [0.1, 0.15) is 33.7 Å². The first-order chi connectivity index (χ1) is 16.1. The van der Waals surface area contributed by atoms with Crippen LogP contribution in [0.1, 0.15) is 5.56 Å². The third-order valence-corrected chi connectivity index (χ3v) is 7.39. The Bertz CT molecular complexity index is 1470. The van der Waals surface area contributed by atoms with E-state index in [1.807, 2.05) is 0 Å². The maximum atomic E-state index is 14.4. The van der Waals surface area contributed by atoms with E-state index in [4.69, 9.17) is 11.6 Å². The highest BCUT2D eigenvalue weighted by Gasteiger charge is 2.28. The molecule has 34 heavy (non-hydrogen) atoms. The Morgan fingerprint density at radius 2 is 1.71 bits per heavy atom. The Hall–Kier alpha value is -3.47. The molecule has 0 spiro atoms. The third-order valence-electron chi connectivity index (χ3n) is 5.21. The normalized spacial score (nSPS) is 11.8. The molecule has 0 unspecified atom stereocenters. The quantitative estimate of drug-likeness (QED) is 0.396. The molecular formula is C23H18ClF2N3O4S. The summed E-state index contributed by atoms with van der Waals surface area (Å²) >= 11 is 6.02. The highest BCUT2D eigenvalue weighted by Crippen LogP contribution is 2.39. The Kier molecular flexibility index (Phi) is 6.30. The van der Waals surface area contributed by atoms with E-state index < -0.39 is 44.6 Å². The van der Waals surface area contributed by atoms with Crippen molar-refractivity contribution < 1.29 is 27.4 Å². The summed E-state index contributed by atoms with van der Waals surface area (Å²) in [5.41, 5.74) is 0.199. The van der Waals surface area contributed by atoms with Gasteiger partial charge in [0.25, 0.3) is 0 Å². The number of rotatable bonds is 6. The highest BCUT2D eigenvalue weighted by molar-refractivity contribution is 7.89. The smallest absolute Gasteiger partial charge is 0.246 e. The summed E-state index contributed by atoms with van der Waals surface area (Å²) in [4.78, 5) is -0.545. The van der Waals surface area contributed by atoms with Gasteiger partial charge in [0.15, 0.2) is 0 Å². The lowest BCUT2D eigenvalue weighted by atomic mass is 10.1. The number of benzene rings is 3. The molecule has 0 aliphatic rings. The number of hydrogen-bond donors (Lipinski definition) is 2. The number of phenolic OH excluding ortho intramolecular Hbond substituents is 2. The second kappa shape index (κ2) is 9.05. The number of aromatic hydroxyl groups is 2. The van der Waals surface area contributed by atoms with Crippen LogP contribution in [0.15, 0.2) is 71.8 Å². The molecule has 3 aromatic carbocycles. The molecule has 7 nitrogen and oxygen atoms in total. The zero-order chi connectivity index (χ0) is 24.6. The predicted octanol–water partition coefficient (Wildman–Crippen LogP) is 4.70. The average Bonchev–Trinajstić information content (AvgIpc) is 3.25. The molecule has 4 rings (SSSR count). The van der Waals surface area contributed by atoms with Crippen LogP contribution in [-0.2, 0) is 16.6 Å². The Morgan fingerprint density at radius 1 is 1.00 bits per heavy atom. The van der Waals surface area contributed by atoms with Gasteiger partial charge in [-0.3, -0.25) is 0 Å². The van der Waals surface area contributed by atoms with Gasteiger partial charge in [-0.05, 0) is 36.4 Å². The van der Waals surface area contributed by atoms with Crippen molar-refractivity contribution in [3.05, 3.63) is 89.1 Å². The van der Waals surface area contributed by atoms with E-state index in [9.17, 15) is 27.4 Å². The molecule has 0 bridgehead atoms. The van der Waals surface area contributed by atoms with Gasteiger partial charge in [-0.1, -0.05) is 29.8 Å². The molecule has 0 aliphatic carbocycles. The number of para-hydroxylation sites is 1. The van der Waals surface area contributed by atoms with E-state index in [1.54, 1.807) is 6.07 Å². The van der Waals surface area contributed by atoms with Gasteiger partial charge < -0.3 is 10.2 Å². The van der Waals surface area contributed by atoms with Gasteiger partial charge >= 0.3 is 0 Å². The fourth-order valence-electron chi connectivity index (χ4n) is 3.45. The maximum absolute atomic E-state index is 14.4. The first-order valence-corrected chi connectivity index (χ1v) is 11.7. The SMILES string of the molecule is CN(Cc1c(F)cccc1Cl)S(=O)(=O)c1cc(-c2ccnn2-c2ccccc2F)c(O)cc1O. The summed E-state index contributed by atoms with van der Waals surface area (Å²) in [6, 6.07) is 13.1. The number of halogens is 3. The maximum Gasteiger partial charge on any atom is 0.246 e. The number of nitrogens with zero attached hydrogens (tertiary/aromatic N) is 3. The van der Waals surface area contributed by atoms with Gasteiger partial charge in [-0.25, -0.2) is 21.9 Å². The lowest BCUT2D eigenvalue weighted by molar-refractivity contribution is 0.427. The van der Waals surface area contributed by atoms with Crippen molar-refractivity contribution in [2.45, 2.75) is 11.4 Å². The molecule has 11 heteroatoms. The third kappa shape index (κ3) is 4.23. The van der Waals surface area contributed by atoms with Crippen LogP contribution in [0.5, 0.6) is 11.5 Å². The van der Waals surface area contributed by atoms with E-state index in [0.717, 1.165) is 22.5 Å². The van der Waals surface area contributed by atoms with Gasteiger partial charge in [0.2, 0.25) is 10.0 Å². The fraction of sp³-hybridized carbons (Fsp3) is 0.0870. The van der Waals surface area contributed by atoms with Gasteiger partial charge in [-0.2, -0.15) is 9.40 Å². The molecular weight excluding hydrogens is 488 g/mol. The second-order valence-electron chi connectivity index (χ2n) is 7.38. The van der Waals surface area contributed by atoms with Gasteiger partial charge in [0, 0.05) is 35.8 Å². The van der Waals surface area contributed by atoms with Crippen LogP contribution in [-0.4, -0.2) is 39.8 Å². The summed E-state index contributed by atoms with van der Waals surface area (Å²) in [6.07, 6.45) is 1.36. The average molecular weight is 506 g/mol. The number of phenols is 2. The minimum absolute atomic E-state index is 0.0190. The van der Waals surface area contributed by atoms with E-state index in [1.165, 1.54) is 54.3 Å². The van der Waals surface area contributed by atoms with Crippen LogP contribution >= 0.6 is 11.6 Å². The molecule has 0 amide bonds. The Labute approximate surface area is 199 Å². The summed E-state index contributed by atoms with van der Waals surface area (Å²) in [6.45, 7) is -0.406. The molecule has 1 aromatic heterocycles. The van der Waals surface area contributed by atoms with E-state index in [2.05, 4.69) is 5.10 Å². The van der Waals surface area contributed by atoms with Crippen molar-refractivity contribution in [3.8, 4) is 28.4 Å². The van der Waals surface area contributed by atoms with E-state index in [0.29, 0.717) is 0 Å². The second-order valence-corrected chi connectivity index (χ2v) is 9.80. The van der Waals surface area contributed by atoms with Crippen LogP contribution < -0.4 is 0 Å². The Morgan fingerprint density at radius 3 is 2.41 bits per heavy atom. The standard InChI is InChI=1S/C23H18ClF2N3O4S/c1-28(13-15-16(24)5-4-7-17(15)25)34(32,33)23-11-14(21(30)12-22(23)31)19-9-10-27-29(19)20-8-3-2-6-18(20)26/h2-12,30-31H,13H2,1H3. The van der Waals surface area contributed by atoms with E-state index >= 15 is 0 Å². The van der Waals surface area contributed by atoms with Crippen molar-refractivity contribution in [3.63, 3.8) is 0 Å². The van der Waals surface area contributed by atoms with Crippen LogP contribution in [0.2, 0.25) is 5.02 Å². The topological polar surface area (TPSA) is 95.7 Å².